The van der Waals surface area contributed by atoms with Crippen LogP contribution in [-0.4, -0.2) is 13.6 Å². The lowest BCUT2D eigenvalue weighted by Gasteiger charge is -2.07. The molecule has 92 valence electrons. The molecular weight excluding hydrogens is 229 g/mol. The van der Waals surface area contributed by atoms with Crippen LogP contribution in [0.3, 0.4) is 0 Å². The molecule has 0 aliphatic carbocycles. The van der Waals surface area contributed by atoms with Crippen molar-refractivity contribution in [2.75, 3.05) is 19.3 Å². The Balaban J connectivity index is 2.86. The van der Waals surface area contributed by atoms with Gasteiger partial charge in [0.2, 0.25) is 0 Å². The molecule has 1 rings (SSSR count). The van der Waals surface area contributed by atoms with E-state index in [1.807, 2.05) is 0 Å². The van der Waals surface area contributed by atoms with E-state index in [9.17, 15) is 13.2 Å². The minimum atomic E-state index is -4.37. The van der Waals surface area contributed by atoms with Crippen LogP contribution in [0, 0.1) is 11.8 Å². The maximum absolute atomic E-state index is 12.4. The number of anilines is 1. The van der Waals surface area contributed by atoms with E-state index in [2.05, 4.69) is 17.2 Å². The third-order valence-corrected chi connectivity index (χ3v) is 2.10. The molecule has 0 amide bonds. The first-order chi connectivity index (χ1) is 7.95. The van der Waals surface area contributed by atoms with E-state index in [1.54, 1.807) is 7.05 Å². The monoisotopic (exact) mass is 242 g/mol. The number of nitrogens with one attached hydrogen (secondary N) is 1. The molecule has 17 heavy (non-hydrogen) atoms. The minimum absolute atomic E-state index is 0.0526. The number of nitrogens with two attached hydrogens (primary N) is 1. The molecule has 1 aromatic carbocycles. The van der Waals surface area contributed by atoms with Crippen molar-refractivity contribution >= 4 is 5.69 Å². The lowest BCUT2D eigenvalue weighted by molar-refractivity contribution is -0.137. The number of rotatable bonds is 2. The van der Waals surface area contributed by atoms with Crippen molar-refractivity contribution < 1.29 is 13.2 Å². The van der Waals surface area contributed by atoms with Crippen molar-refractivity contribution in [2.45, 2.75) is 12.6 Å². The molecule has 0 bridgehead atoms. The quantitative estimate of drug-likeness (QED) is 0.474. The van der Waals surface area contributed by atoms with Gasteiger partial charge in [0.25, 0.3) is 0 Å². The normalized spacial score (nSPS) is 10.8. The van der Waals surface area contributed by atoms with Gasteiger partial charge in [0, 0.05) is 24.2 Å². The number of alkyl halides is 3. The highest BCUT2D eigenvalue weighted by atomic mass is 19.4. The molecule has 3 N–H and O–H groups in total. The second-order valence-corrected chi connectivity index (χ2v) is 3.46. The van der Waals surface area contributed by atoms with Gasteiger partial charge < -0.3 is 11.1 Å². The third kappa shape index (κ3) is 4.00. The Labute approximate surface area is 98.0 Å². The molecule has 0 atom stereocenters. The Morgan fingerprint density at radius 2 is 2.06 bits per heavy atom. The second-order valence-electron chi connectivity index (χ2n) is 3.46. The SMILES string of the molecule is CNCCC#Cc1ccc(C(F)(F)F)cc1N. The summed E-state index contributed by atoms with van der Waals surface area (Å²) in [4.78, 5) is 0. The molecule has 0 unspecified atom stereocenters. The fourth-order valence-electron chi connectivity index (χ4n) is 1.20. The van der Waals surface area contributed by atoms with Gasteiger partial charge in [0.1, 0.15) is 0 Å². The average molecular weight is 242 g/mol. The van der Waals surface area contributed by atoms with E-state index < -0.39 is 11.7 Å². The van der Waals surface area contributed by atoms with Gasteiger partial charge in [-0.1, -0.05) is 11.8 Å². The number of halogens is 3. The topological polar surface area (TPSA) is 38.0 Å². The number of benzene rings is 1. The van der Waals surface area contributed by atoms with E-state index in [4.69, 9.17) is 5.73 Å². The van der Waals surface area contributed by atoms with E-state index in [0.29, 0.717) is 12.0 Å². The second kappa shape index (κ2) is 5.60. The zero-order valence-corrected chi connectivity index (χ0v) is 9.36. The van der Waals surface area contributed by atoms with Gasteiger partial charge in [-0.15, -0.1) is 0 Å². The summed E-state index contributed by atoms with van der Waals surface area (Å²) in [5.41, 5.74) is 5.24. The minimum Gasteiger partial charge on any atom is -0.398 e. The summed E-state index contributed by atoms with van der Waals surface area (Å²) in [5, 5.41) is 2.92. The molecule has 0 saturated heterocycles. The maximum atomic E-state index is 12.4. The molecule has 0 radical (unpaired) electrons. The smallest absolute Gasteiger partial charge is 0.398 e. The molecule has 1 aromatic rings. The van der Waals surface area contributed by atoms with Gasteiger partial charge in [-0.2, -0.15) is 13.2 Å². The maximum Gasteiger partial charge on any atom is 0.416 e. The van der Waals surface area contributed by atoms with E-state index in [-0.39, 0.29) is 5.69 Å². The highest BCUT2D eigenvalue weighted by molar-refractivity contribution is 5.57. The van der Waals surface area contributed by atoms with Crippen molar-refractivity contribution in [3.8, 4) is 11.8 Å². The Hall–Kier alpha value is -1.67. The van der Waals surface area contributed by atoms with Crippen LogP contribution in [0.25, 0.3) is 0 Å². The fraction of sp³-hybridized carbons (Fsp3) is 0.333. The third-order valence-electron chi connectivity index (χ3n) is 2.10. The molecule has 0 fully saturated rings. The van der Waals surface area contributed by atoms with Gasteiger partial charge in [-0.05, 0) is 25.2 Å². The summed E-state index contributed by atoms with van der Waals surface area (Å²) in [6.07, 6.45) is -3.75. The molecule has 2 nitrogen and oxygen atoms in total. The van der Waals surface area contributed by atoms with Gasteiger partial charge in [-0.25, -0.2) is 0 Å². The van der Waals surface area contributed by atoms with Crippen molar-refractivity contribution in [1.29, 1.82) is 0 Å². The van der Waals surface area contributed by atoms with Crippen LogP contribution < -0.4 is 11.1 Å². The molecule has 0 aliphatic heterocycles. The zero-order chi connectivity index (χ0) is 12.9. The molecule has 5 heteroatoms. The van der Waals surface area contributed by atoms with Crippen LogP contribution in [0.5, 0.6) is 0 Å². The zero-order valence-electron chi connectivity index (χ0n) is 9.36. The van der Waals surface area contributed by atoms with Gasteiger partial charge >= 0.3 is 6.18 Å². The van der Waals surface area contributed by atoms with E-state index >= 15 is 0 Å². The molecule has 0 aliphatic rings. The summed E-state index contributed by atoms with van der Waals surface area (Å²) in [7, 11) is 1.80. The van der Waals surface area contributed by atoms with Crippen LogP contribution in [0.4, 0.5) is 18.9 Å². The van der Waals surface area contributed by atoms with Gasteiger partial charge in [-0.3, -0.25) is 0 Å². The van der Waals surface area contributed by atoms with Crippen molar-refractivity contribution in [3.63, 3.8) is 0 Å². The summed E-state index contributed by atoms with van der Waals surface area (Å²) in [6, 6.07) is 3.19. The lowest BCUT2D eigenvalue weighted by atomic mass is 10.1. The van der Waals surface area contributed by atoms with Crippen LogP contribution >= 0.6 is 0 Å². The summed E-state index contributed by atoms with van der Waals surface area (Å²) in [6.45, 7) is 0.730. The van der Waals surface area contributed by atoms with Crippen molar-refractivity contribution in [2.24, 2.45) is 0 Å². The van der Waals surface area contributed by atoms with Gasteiger partial charge in [0.05, 0.1) is 5.56 Å². The van der Waals surface area contributed by atoms with Crippen LogP contribution in [0.15, 0.2) is 18.2 Å². The number of hydrogen-bond acceptors (Lipinski definition) is 2. The molecule has 0 spiro atoms. The fourth-order valence-corrected chi connectivity index (χ4v) is 1.20. The Kier molecular flexibility index (Phi) is 4.41. The lowest BCUT2D eigenvalue weighted by Crippen LogP contribution is -2.06. The highest BCUT2D eigenvalue weighted by Crippen LogP contribution is 2.31. The number of hydrogen-bond donors (Lipinski definition) is 2. The first-order valence-corrected chi connectivity index (χ1v) is 5.05. The van der Waals surface area contributed by atoms with Gasteiger partial charge in [0.15, 0.2) is 0 Å². The average Bonchev–Trinajstić information content (AvgIpc) is 2.24. The largest absolute Gasteiger partial charge is 0.416 e. The predicted molar refractivity (Wildman–Crippen MR) is 61.3 cm³/mol. The molecule has 0 aromatic heterocycles. The number of nitrogen functional groups attached to an aromatic ring is 1. The Bertz CT molecular complexity index is 441. The Morgan fingerprint density at radius 3 is 2.59 bits per heavy atom. The first-order valence-electron chi connectivity index (χ1n) is 5.05. The summed E-state index contributed by atoms with van der Waals surface area (Å²) < 4.78 is 37.1. The van der Waals surface area contributed by atoms with E-state index in [1.165, 1.54) is 6.07 Å². The standard InChI is InChI=1S/C12H13F3N2/c1-17-7-3-2-4-9-5-6-10(8-11(9)16)12(13,14)15/h5-6,8,17H,3,7,16H2,1H3. The molecular formula is C12H13F3N2. The first kappa shape index (κ1) is 13.4. The summed E-state index contributed by atoms with van der Waals surface area (Å²) >= 11 is 0. The van der Waals surface area contributed by atoms with E-state index in [0.717, 1.165) is 18.7 Å². The van der Waals surface area contributed by atoms with Crippen LogP contribution in [-0.2, 0) is 6.18 Å². The van der Waals surface area contributed by atoms with Crippen molar-refractivity contribution in [3.05, 3.63) is 29.3 Å². The Morgan fingerprint density at radius 1 is 1.35 bits per heavy atom. The summed E-state index contributed by atoms with van der Waals surface area (Å²) in [5.74, 6) is 5.57. The molecule has 0 saturated carbocycles. The molecule has 0 heterocycles. The highest BCUT2D eigenvalue weighted by Gasteiger charge is 2.30. The van der Waals surface area contributed by atoms with Crippen LogP contribution in [0.1, 0.15) is 17.5 Å². The van der Waals surface area contributed by atoms with Crippen molar-refractivity contribution in [1.82, 2.24) is 5.32 Å². The predicted octanol–water partition coefficient (Wildman–Crippen LogP) is 2.25. The van der Waals surface area contributed by atoms with Crippen LogP contribution in [0.2, 0.25) is 0 Å².